The molecule has 0 aliphatic heterocycles. The summed E-state index contributed by atoms with van der Waals surface area (Å²) in [7, 11) is 0. The summed E-state index contributed by atoms with van der Waals surface area (Å²) < 4.78 is 35.3. The van der Waals surface area contributed by atoms with Gasteiger partial charge < -0.3 is 0 Å². The van der Waals surface area contributed by atoms with Crippen LogP contribution < -0.4 is 0 Å². The van der Waals surface area contributed by atoms with Gasteiger partial charge in [-0.1, -0.05) is 36.0 Å². The SMILES string of the molecule is C\C=C/C=C\C(C)=C/CCC(F)(F)F. The predicted molar refractivity (Wildman–Crippen MR) is 53.0 cm³/mol. The van der Waals surface area contributed by atoms with Gasteiger partial charge >= 0.3 is 6.18 Å². The van der Waals surface area contributed by atoms with E-state index in [-0.39, 0.29) is 6.42 Å². The first kappa shape index (κ1) is 13.0. The zero-order chi connectivity index (χ0) is 11.0. The molecule has 0 unspecified atom stereocenters. The molecule has 0 aliphatic rings. The molecule has 0 aromatic heterocycles. The van der Waals surface area contributed by atoms with Gasteiger partial charge in [0.25, 0.3) is 0 Å². The van der Waals surface area contributed by atoms with E-state index in [0.717, 1.165) is 5.57 Å². The Balaban J connectivity index is 3.89. The molecule has 0 atom stereocenters. The number of allylic oxidation sites excluding steroid dienone is 6. The lowest BCUT2D eigenvalue weighted by atomic mass is 10.2. The van der Waals surface area contributed by atoms with E-state index in [1.54, 1.807) is 25.2 Å². The van der Waals surface area contributed by atoms with Crippen LogP contribution in [0.5, 0.6) is 0 Å². The minimum absolute atomic E-state index is 0.0511. The molecule has 0 nitrogen and oxygen atoms in total. The maximum Gasteiger partial charge on any atom is 0.389 e. The summed E-state index contributed by atoms with van der Waals surface area (Å²) in [5.41, 5.74) is 0.854. The van der Waals surface area contributed by atoms with Gasteiger partial charge in [0.1, 0.15) is 0 Å². The first-order chi connectivity index (χ1) is 6.45. The standard InChI is InChI=1S/C11H15F3/c1-3-4-5-7-10(2)8-6-9-11(12,13)14/h3-5,7-8H,6,9H2,1-2H3/b4-3-,7-5-,10-8-. The summed E-state index contributed by atoms with van der Waals surface area (Å²) in [6.45, 7) is 3.67. The second kappa shape index (κ2) is 6.46. The maximum absolute atomic E-state index is 11.8. The normalized spacial score (nSPS) is 14.5. The van der Waals surface area contributed by atoms with Gasteiger partial charge in [0, 0.05) is 6.42 Å². The van der Waals surface area contributed by atoms with Crippen LogP contribution in [-0.4, -0.2) is 6.18 Å². The van der Waals surface area contributed by atoms with Crippen LogP contribution in [0.4, 0.5) is 13.2 Å². The molecule has 3 heteroatoms. The van der Waals surface area contributed by atoms with Crippen molar-refractivity contribution in [1.82, 2.24) is 0 Å². The van der Waals surface area contributed by atoms with Gasteiger partial charge in [-0.05, 0) is 20.3 Å². The van der Waals surface area contributed by atoms with Gasteiger partial charge in [-0.25, -0.2) is 0 Å². The third-order valence-corrected chi connectivity index (χ3v) is 1.56. The van der Waals surface area contributed by atoms with Crippen molar-refractivity contribution >= 4 is 0 Å². The van der Waals surface area contributed by atoms with Crippen LogP contribution in [0.25, 0.3) is 0 Å². The third kappa shape index (κ3) is 9.10. The van der Waals surface area contributed by atoms with Crippen molar-refractivity contribution < 1.29 is 13.2 Å². The van der Waals surface area contributed by atoms with Crippen LogP contribution in [0.2, 0.25) is 0 Å². The zero-order valence-electron chi connectivity index (χ0n) is 8.43. The van der Waals surface area contributed by atoms with Crippen molar-refractivity contribution in [2.75, 3.05) is 0 Å². The van der Waals surface area contributed by atoms with E-state index in [1.807, 2.05) is 19.1 Å². The molecular weight excluding hydrogens is 189 g/mol. The largest absolute Gasteiger partial charge is 0.389 e. The lowest BCUT2D eigenvalue weighted by Gasteiger charge is -2.02. The minimum Gasteiger partial charge on any atom is -0.171 e. The maximum atomic E-state index is 11.8. The van der Waals surface area contributed by atoms with Gasteiger partial charge in [-0.3, -0.25) is 0 Å². The zero-order valence-corrected chi connectivity index (χ0v) is 8.43. The van der Waals surface area contributed by atoms with Crippen molar-refractivity contribution in [3.8, 4) is 0 Å². The van der Waals surface area contributed by atoms with Crippen molar-refractivity contribution in [3.63, 3.8) is 0 Å². The highest BCUT2D eigenvalue weighted by atomic mass is 19.4. The van der Waals surface area contributed by atoms with Crippen molar-refractivity contribution in [2.45, 2.75) is 32.9 Å². The molecule has 14 heavy (non-hydrogen) atoms. The molecule has 0 heterocycles. The molecule has 0 radical (unpaired) electrons. The van der Waals surface area contributed by atoms with Crippen LogP contribution in [0, 0.1) is 0 Å². The quantitative estimate of drug-likeness (QED) is 0.595. The summed E-state index contributed by atoms with van der Waals surface area (Å²) in [6, 6.07) is 0. The van der Waals surface area contributed by atoms with Gasteiger partial charge in [-0.15, -0.1) is 0 Å². The first-order valence-corrected chi connectivity index (χ1v) is 4.48. The number of alkyl halides is 3. The van der Waals surface area contributed by atoms with Crippen molar-refractivity contribution in [2.24, 2.45) is 0 Å². The molecular formula is C11H15F3. The Hall–Kier alpha value is -0.990. The van der Waals surface area contributed by atoms with Gasteiger partial charge in [-0.2, -0.15) is 13.2 Å². The number of rotatable bonds is 4. The van der Waals surface area contributed by atoms with Gasteiger partial charge in [0.15, 0.2) is 0 Å². The highest BCUT2D eigenvalue weighted by Gasteiger charge is 2.25. The summed E-state index contributed by atoms with van der Waals surface area (Å²) in [5, 5.41) is 0. The van der Waals surface area contributed by atoms with E-state index < -0.39 is 12.6 Å². The van der Waals surface area contributed by atoms with Crippen LogP contribution in [0.3, 0.4) is 0 Å². The molecule has 0 N–H and O–H groups in total. The second-order valence-electron chi connectivity index (χ2n) is 2.99. The monoisotopic (exact) mass is 204 g/mol. The molecule has 0 aromatic carbocycles. The predicted octanol–water partition coefficient (Wildman–Crippen LogP) is 4.41. The Bertz CT molecular complexity index is 231. The Morgan fingerprint density at radius 3 is 2.36 bits per heavy atom. The molecule has 0 saturated carbocycles. The van der Waals surface area contributed by atoms with Crippen molar-refractivity contribution in [3.05, 3.63) is 36.0 Å². The Morgan fingerprint density at radius 1 is 1.21 bits per heavy atom. The number of hydrogen-bond donors (Lipinski definition) is 0. The number of halogens is 3. The fraction of sp³-hybridized carbons (Fsp3) is 0.455. The second-order valence-corrected chi connectivity index (χ2v) is 2.99. The van der Waals surface area contributed by atoms with Crippen LogP contribution >= 0.6 is 0 Å². The molecule has 0 spiro atoms. The van der Waals surface area contributed by atoms with E-state index in [2.05, 4.69) is 0 Å². The lowest BCUT2D eigenvalue weighted by molar-refractivity contribution is -0.133. The highest BCUT2D eigenvalue weighted by molar-refractivity contribution is 5.19. The van der Waals surface area contributed by atoms with E-state index in [0.29, 0.717) is 0 Å². The smallest absolute Gasteiger partial charge is 0.171 e. The van der Waals surface area contributed by atoms with Gasteiger partial charge in [0.05, 0.1) is 0 Å². The van der Waals surface area contributed by atoms with Crippen molar-refractivity contribution in [1.29, 1.82) is 0 Å². The van der Waals surface area contributed by atoms with E-state index in [9.17, 15) is 13.2 Å². The molecule has 0 bridgehead atoms. The fourth-order valence-electron chi connectivity index (χ4n) is 0.850. The van der Waals surface area contributed by atoms with E-state index in [1.165, 1.54) is 0 Å². The van der Waals surface area contributed by atoms with Crippen LogP contribution in [-0.2, 0) is 0 Å². The summed E-state index contributed by atoms with van der Waals surface area (Å²) in [5.74, 6) is 0. The fourth-order valence-corrected chi connectivity index (χ4v) is 0.850. The molecule has 0 amide bonds. The molecule has 0 saturated heterocycles. The highest BCUT2D eigenvalue weighted by Crippen LogP contribution is 2.21. The molecule has 0 aromatic rings. The molecule has 80 valence electrons. The lowest BCUT2D eigenvalue weighted by Crippen LogP contribution is -2.05. The Labute approximate surface area is 82.8 Å². The average molecular weight is 204 g/mol. The first-order valence-electron chi connectivity index (χ1n) is 4.48. The Kier molecular flexibility index (Phi) is 6.00. The van der Waals surface area contributed by atoms with E-state index >= 15 is 0 Å². The Morgan fingerprint density at radius 2 is 1.86 bits per heavy atom. The summed E-state index contributed by atoms with van der Waals surface area (Å²) >= 11 is 0. The topological polar surface area (TPSA) is 0 Å². The third-order valence-electron chi connectivity index (χ3n) is 1.56. The van der Waals surface area contributed by atoms with Crippen LogP contribution in [0.1, 0.15) is 26.7 Å². The molecule has 0 aliphatic carbocycles. The molecule has 0 rings (SSSR count). The average Bonchev–Trinajstić information content (AvgIpc) is 2.02. The summed E-state index contributed by atoms with van der Waals surface area (Å²) in [4.78, 5) is 0. The number of hydrogen-bond acceptors (Lipinski definition) is 0. The van der Waals surface area contributed by atoms with Gasteiger partial charge in [0.2, 0.25) is 0 Å². The van der Waals surface area contributed by atoms with Crippen LogP contribution in [0.15, 0.2) is 36.0 Å². The van der Waals surface area contributed by atoms with E-state index in [4.69, 9.17) is 0 Å². The summed E-state index contributed by atoms with van der Waals surface area (Å²) in [6.07, 6.45) is 4.13. The molecule has 0 fully saturated rings. The minimum atomic E-state index is -4.05.